The number of carbonyl (C=O) groups excluding carboxylic acids is 2. The third-order valence-corrected chi connectivity index (χ3v) is 6.15. The molecule has 1 aromatic rings. The Morgan fingerprint density at radius 2 is 1.81 bits per heavy atom. The smallest absolute Gasteiger partial charge is 0.410 e. The molecule has 2 fully saturated rings. The fourth-order valence-corrected chi connectivity index (χ4v) is 4.45. The van der Waals surface area contributed by atoms with Crippen LogP contribution < -0.4 is 5.32 Å². The number of halogens is 1. The van der Waals surface area contributed by atoms with E-state index < -0.39 is 5.60 Å². The molecular formula is C19H27ClN2O3S. The minimum atomic E-state index is -0.472. The van der Waals surface area contributed by atoms with Crippen molar-refractivity contribution in [3.8, 4) is 0 Å². The summed E-state index contributed by atoms with van der Waals surface area (Å²) in [5, 5.41) is 3.24. The Morgan fingerprint density at radius 1 is 1.19 bits per heavy atom. The van der Waals surface area contributed by atoms with Gasteiger partial charge in [0.25, 0.3) is 5.91 Å². The molecule has 0 spiro atoms. The van der Waals surface area contributed by atoms with Crippen LogP contribution in [0, 0.1) is 11.8 Å². The van der Waals surface area contributed by atoms with Gasteiger partial charge in [0.2, 0.25) is 0 Å². The molecule has 1 aliphatic heterocycles. The highest BCUT2D eigenvalue weighted by Gasteiger charge is 2.40. The van der Waals surface area contributed by atoms with Crippen LogP contribution in [0.5, 0.6) is 0 Å². The van der Waals surface area contributed by atoms with E-state index in [9.17, 15) is 9.59 Å². The van der Waals surface area contributed by atoms with Crippen molar-refractivity contribution in [3.63, 3.8) is 0 Å². The lowest BCUT2D eigenvalue weighted by Crippen LogP contribution is -2.48. The van der Waals surface area contributed by atoms with Gasteiger partial charge in [-0.05, 0) is 70.4 Å². The van der Waals surface area contributed by atoms with Gasteiger partial charge in [0.05, 0.1) is 9.21 Å². The van der Waals surface area contributed by atoms with E-state index in [2.05, 4.69) is 5.32 Å². The second-order valence-corrected chi connectivity index (χ2v) is 9.96. The van der Waals surface area contributed by atoms with Crippen molar-refractivity contribution in [3.05, 3.63) is 21.3 Å². The third-order valence-electron chi connectivity index (χ3n) is 4.92. The predicted molar refractivity (Wildman–Crippen MR) is 104 cm³/mol. The van der Waals surface area contributed by atoms with Gasteiger partial charge in [0, 0.05) is 19.1 Å². The third kappa shape index (κ3) is 5.13. The van der Waals surface area contributed by atoms with Gasteiger partial charge in [-0.15, -0.1) is 11.3 Å². The molecule has 1 atom stereocenters. The van der Waals surface area contributed by atoms with Crippen molar-refractivity contribution >= 4 is 34.9 Å². The number of likely N-dealkylation sites (tertiary alicyclic amines) is 1. The van der Waals surface area contributed by atoms with Crippen LogP contribution in [0.3, 0.4) is 0 Å². The molecule has 1 saturated carbocycles. The van der Waals surface area contributed by atoms with Crippen molar-refractivity contribution in [2.75, 3.05) is 13.1 Å². The topological polar surface area (TPSA) is 58.6 Å². The van der Waals surface area contributed by atoms with E-state index in [0.29, 0.717) is 34.1 Å². The molecule has 0 radical (unpaired) electrons. The maximum absolute atomic E-state index is 12.5. The molecule has 7 heteroatoms. The summed E-state index contributed by atoms with van der Waals surface area (Å²) >= 11 is 7.26. The molecule has 5 nitrogen and oxygen atoms in total. The second kappa shape index (κ2) is 7.77. The maximum atomic E-state index is 12.5. The minimum Gasteiger partial charge on any atom is -0.444 e. The number of ether oxygens (including phenoxy) is 1. The van der Waals surface area contributed by atoms with Crippen LogP contribution in [0.2, 0.25) is 4.34 Å². The molecule has 1 aliphatic carbocycles. The average molecular weight is 399 g/mol. The summed E-state index contributed by atoms with van der Waals surface area (Å²) in [6.45, 7) is 7.01. The van der Waals surface area contributed by atoms with Crippen LogP contribution in [0.25, 0.3) is 0 Å². The van der Waals surface area contributed by atoms with Crippen LogP contribution in [0.15, 0.2) is 12.1 Å². The molecular weight excluding hydrogens is 372 g/mol. The van der Waals surface area contributed by atoms with E-state index in [-0.39, 0.29) is 18.0 Å². The van der Waals surface area contributed by atoms with Gasteiger partial charge < -0.3 is 15.0 Å². The fraction of sp³-hybridized carbons (Fsp3) is 0.684. The standard InChI is InChI=1S/C19H27ClN2O3S/c1-19(2,3)25-18(24)22-10-8-13(9-11-22)16(12-4-5-12)21-17(23)14-6-7-15(20)26-14/h6-7,12-13,16H,4-5,8-11H2,1-3H3,(H,21,23)/t16-/m0/s1. The highest BCUT2D eigenvalue weighted by Crippen LogP contribution is 2.39. The van der Waals surface area contributed by atoms with Crippen LogP contribution in [0.1, 0.15) is 56.1 Å². The first kappa shape index (κ1) is 19.5. The molecule has 2 aliphatic rings. The average Bonchev–Trinajstić information content (AvgIpc) is 3.31. The Balaban J connectivity index is 1.55. The summed E-state index contributed by atoms with van der Waals surface area (Å²) in [5.41, 5.74) is -0.472. The van der Waals surface area contributed by atoms with E-state index in [1.165, 1.54) is 24.2 Å². The van der Waals surface area contributed by atoms with Crippen LogP contribution in [-0.4, -0.2) is 41.6 Å². The largest absolute Gasteiger partial charge is 0.444 e. The van der Waals surface area contributed by atoms with Crippen molar-refractivity contribution in [1.29, 1.82) is 0 Å². The number of amides is 2. The molecule has 2 heterocycles. The monoisotopic (exact) mass is 398 g/mol. The zero-order chi connectivity index (χ0) is 18.9. The molecule has 1 aromatic heterocycles. The normalized spacial score (nSPS) is 19.9. The van der Waals surface area contributed by atoms with E-state index in [0.717, 1.165) is 12.8 Å². The van der Waals surface area contributed by atoms with Crippen molar-refractivity contribution in [2.45, 2.75) is 58.1 Å². The maximum Gasteiger partial charge on any atom is 0.410 e. The second-order valence-electron chi connectivity index (χ2n) is 8.25. The lowest BCUT2D eigenvalue weighted by molar-refractivity contribution is 0.0164. The summed E-state index contributed by atoms with van der Waals surface area (Å²) in [4.78, 5) is 27.2. The lowest BCUT2D eigenvalue weighted by Gasteiger charge is -2.37. The lowest BCUT2D eigenvalue weighted by atomic mass is 9.86. The number of hydrogen-bond donors (Lipinski definition) is 1. The van der Waals surface area contributed by atoms with Gasteiger partial charge in [0.1, 0.15) is 5.60 Å². The first-order chi connectivity index (χ1) is 12.2. The van der Waals surface area contributed by atoms with Crippen LogP contribution in [0.4, 0.5) is 4.79 Å². The van der Waals surface area contributed by atoms with Crippen LogP contribution >= 0.6 is 22.9 Å². The zero-order valence-corrected chi connectivity index (χ0v) is 17.2. The molecule has 0 unspecified atom stereocenters. The molecule has 1 N–H and O–H groups in total. The Morgan fingerprint density at radius 3 is 2.31 bits per heavy atom. The fourth-order valence-electron chi connectivity index (χ4n) is 3.50. The molecule has 1 saturated heterocycles. The van der Waals surface area contributed by atoms with E-state index >= 15 is 0 Å². The first-order valence-corrected chi connectivity index (χ1v) is 10.5. The number of rotatable bonds is 4. The van der Waals surface area contributed by atoms with Gasteiger partial charge >= 0.3 is 6.09 Å². The van der Waals surface area contributed by atoms with Crippen LogP contribution in [-0.2, 0) is 4.74 Å². The van der Waals surface area contributed by atoms with E-state index in [1.807, 2.05) is 20.8 Å². The molecule has 26 heavy (non-hydrogen) atoms. The number of nitrogens with zero attached hydrogens (tertiary/aromatic N) is 1. The van der Waals surface area contributed by atoms with E-state index in [1.54, 1.807) is 17.0 Å². The first-order valence-electron chi connectivity index (χ1n) is 9.27. The number of hydrogen-bond acceptors (Lipinski definition) is 4. The Bertz CT molecular complexity index is 658. The van der Waals surface area contributed by atoms with E-state index in [4.69, 9.17) is 16.3 Å². The molecule has 2 amide bonds. The van der Waals surface area contributed by atoms with Gasteiger partial charge in [-0.3, -0.25) is 4.79 Å². The van der Waals surface area contributed by atoms with Gasteiger partial charge in [0.15, 0.2) is 0 Å². The summed E-state index contributed by atoms with van der Waals surface area (Å²) in [6, 6.07) is 3.72. The summed E-state index contributed by atoms with van der Waals surface area (Å²) in [6.07, 6.45) is 3.89. The molecule has 0 aromatic carbocycles. The highest BCUT2D eigenvalue weighted by molar-refractivity contribution is 7.18. The van der Waals surface area contributed by atoms with Crippen molar-refractivity contribution in [1.82, 2.24) is 10.2 Å². The summed E-state index contributed by atoms with van der Waals surface area (Å²) < 4.78 is 6.09. The van der Waals surface area contributed by atoms with Gasteiger partial charge in [-0.1, -0.05) is 11.6 Å². The molecule has 3 rings (SSSR count). The Kier molecular flexibility index (Phi) is 5.82. The quantitative estimate of drug-likeness (QED) is 0.808. The molecule has 0 bridgehead atoms. The zero-order valence-electron chi connectivity index (χ0n) is 15.6. The predicted octanol–water partition coefficient (Wildman–Crippen LogP) is 4.56. The number of piperidine rings is 1. The Hall–Kier alpha value is -1.27. The minimum absolute atomic E-state index is 0.0339. The van der Waals surface area contributed by atoms with Gasteiger partial charge in [-0.2, -0.15) is 0 Å². The number of carbonyl (C=O) groups is 2. The van der Waals surface area contributed by atoms with Crippen molar-refractivity contribution in [2.24, 2.45) is 11.8 Å². The molecule has 144 valence electrons. The summed E-state index contributed by atoms with van der Waals surface area (Å²) in [7, 11) is 0. The Labute approximate surface area is 164 Å². The highest BCUT2D eigenvalue weighted by atomic mass is 35.5. The number of nitrogens with one attached hydrogen (secondary N) is 1. The van der Waals surface area contributed by atoms with Gasteiger partial charge in [-0.25, -0.2) is 4.79 Å². The summed E-state index contributed by atoms with van der Waals surface area (Å²) in [5.74, 6) is 0.932. The van der Waals surface area contributed by atoms with Crippen molar-refractivity contribution < 1.29 is 14.3 Å². The SMILES string of the molecule is CC(C)(C)OC(=O)N1CCC([C@@H](NC(=O)c2ccc(Cl)s2)C2CC2)CC1. The number of thiophene rings is 1.